The normalized spacial score (nSPS) is 19.4. The van der Waals surface area contributed by atoms with E-state index < -0.39 is 5.92 Å². The van der Waals surface area contributed by atoms with Crippen LogP contribution in [-0.4, -0.2) is 31.6 Å². The largest absolute Gasteiger partial charge is 0.486 e. The number of fused-ring (bicyclic) bond motifs is 1. The van der Waals surface area contributed by atoms with Gasteiger partial charge in [-0.15, -0.1) is 0 Å². The molecule has 0 aliphatic carbocycles. The number of nitrogens with zero attached hydrogens (tertiary/aromatic N) is 1. The van der Waals surface area contributed by atoms with Gasteiger partial charge in [0.25, 0.3) is 0 Å². The molecule has 7 heteroatoms. The van der Waals surface area contributed by atoms with E-state index in [0.717, 1.165) is 5.56 Å². The molecule has 0 aromatic heterocycles. The van der Waals surface area contributed by atoms with Crippen LogP contribution in [0.2, 0.25) is 5.02 Å². The van der Waals surface area contributed by atoms with Crippen molar-refractivity contribution >= 4 is 29.1 Å². The lowest BCUT2D eigenvalue weighted by Gasteiger charge is -2.22. The van der Waals surface area contributed by atoms with Crippen LogP contribution in [0.3, 0.4) is 0 Å². The van der Waals surface area contributed by atoms with E-state index in [9.17, 15) is 9.59 Å². The summed E-state index contributed by atoms with van der Waals surface area (Å²) in [5, 5.41) is 3.61. The monoisotopic (exact) mass is 400 g/mol. The number of carbonyl (C=O) groups is 2. The molecule has 1 N–H and O–H groups in total. The smallest absolute Gasteiger partial charge is 0.227 e. The molecule has 2 aromatic carbocycles. The van der Waals surface area contributed by atoms with Crippen molar-refractivity contribution in [3.05, 3.63) is 53.1 Å². The minimum atomic E-state index is -0.401. The van der Waals surface area contributed by atoms with Crippen LogP contribution in [0.15, 0.2) is 42.5 Å². The number of carbonyl (C=O) groups excluding carboxylic acids is 2. The maximum atomic E-state index is 12.7. The summed E-state index contributed by atoms with van der Waals surface area (Å²) in [4.78, 5) is 26.8. The second-order valence-electron chi connectivity index (χ2n) is 7.02. The Morgan fingerprint density at radius 1 is 1.18 bits per heavy atom. The van der Waals surface area contributed by atoms with Crippen LogP contribution in [0.5, 0.6) is 11.5 Å². The number of benzene rings is 2. The van der Waals surface area contributed by atoms with E-state index in [1.54, 1.807) is 23.1 Å². The van der Waals surface area contributed by atoms with Crippen LogP contribution in [0.1, 0.15) is 24.9 Å². The number of hydrogen-bond donors (Lipinski definition) is 1. The Morgan fingerprint density at radius 3 is 2.75 bits per heavy atom. The summed E-state index contributed by atoms with van der Waals surface area (Å²) in [7, 11) is 0. The molecule has 0 bridgehead atoms. The van der Waals surface area contributed by atoms with Gasteiger partial charge >= 0.3 is 0 Å². The average molecular weight is 401 g/mol. The molecule has 2 aliphatic rings. The van der Waals surface area contributed by atoms with Gasteiger partial charge in [-0.1, -0.05) is 23.7 Å². The molecule has 2 unspecified atom stereocenters. The molecule has 28 heavy (non-hydrogen) atoms. The van der Waals surface area contributed by atoms with Crippen molar-refractivity contribution in [1.29, 1.82) is 0 Å². The van der Waals surface area contributed by atoms with E-state index in [-0.39, 0.29) is 24.3 Å². The van der Waals surface area contributed by atoms with Crippen LogP contribution in [-0.2, 0) is 9.59 Å². The zero-order valence-corrected chi connectivity index (χ0v) is 16.2. The lowest BCUT2D eigenvalue weighted by Crippen LogP contribution is -2.34. The van der Waals surface area contributed by atoms with Crippen molar-refractivity contribution in [3.8, 4) is 11.5 Å². The highest BCUT2D eigenvalue weighted by molar-refractivity contribution is 6.30. The van der Waals surface area contributed by atoms with Gasteiger partial charge in [-0.3, -0.25) is 9.59 Å². The zero-order valence-electron chi connectivity index (χ0n) is 15.5. The van der Waals surface area contributed by atoms with Crippen molar-refractivity contribution in [1.82, 2.24) is 5.32 Å². The minimum absolute atomic E-state index is 0.0766. The third-order valence-electron chi connectivity index (χ3n) is 5.04. The number of halogens is 1. The van der Waals surface area contributed by atoms with E-state index in [4.69, 9.17) is 21.1 Å². The average Bonchev–Trinajstić information content (AvgIpc) is 3.09. The lowest BCUT2D eigenvalue weighted by molar-refractivity contribution is -0.126. The summed E-state index contributed by atoms with van der Waals surface area (Å²) in [5.74, 6) is 0.681. The van der Waals surface area contributed by atoms with Gasteiger partial charge in [-0.2, -0.15) is 0 Å². The molecule has 2 amide bonds. The summed E-state index contributed by atoms with van der Waals surface area (Å²) in [6, 6.07) is 12.6. The fourth-order valence-electron chi connectivity index (χ4n) is 3.52. The second-order valence-corrected chi connectivity index (χ2v) is 7.46. The first kappa shape index (κ1) is 18.6. The number of hydrogen-bond acceptors (Lipinski definition) is 4. The second kappa shape index (κ2) is 7.72. The number of anilines is 1. The van der Waals surface area contributed by atoms with Gasteiger partial charge in [0.2, 0.25) is 11.8 Å². The molecule has 1 saturated heterocycles. The summed E-state index contributed by atoms with van der Waals surface area (Å²) in [6.45, 7) is 3.24. The first-order chi connectivity index (χ1) is 13.5. The van der Waals surface area contributed by atoms with Gasteiger partial charge in [0.1, 0.15) is 13.2 Å². The molecular weight excluding hydrogens is 380 g/mol. The third kappa shape index (κ3) is 3.78. The molecule has 2 atom stereocenters. The van der Waals surface area contributed by atoms with E-state index in [1.807, 2.05) is 31.2 Å². The molecule has 0 radical (unpaired) electrons. The van der Waals surface area contributed by atoms with Crippen LogP contribution >= 0.6 is 11.6 Å². The number of rotatable bonds is 4. The predicted molar refractivity (Wildman–Crippen MR) is 106 cm³/mol. The standard InChI is InChI=1S/C21H21ClN2O4/c1-13(14-3-2-4-16(22)9-14)23-21(26)15-10-20(25)24(12-15)17-5-6-18-19(11-17)28-8-7-27-18/h2-6,9,11,13,15H,7-8,10,12H2,1H3,(H,23,26). The highest BCUT2D eigenvalue weighted by Gasteiger charge is 2.36. The Morgan fingerprint density at radius 2 is 1.96 bits per heavy atom. The minimum Gasteiger partial charge on any atom is -0.486 e. The fraction of sp³-hybridized carbons (Fsp3) is 0.333. The highest BCUT2D eigenvalue weighted by atomic mass is 35.5. The maximum absolute atomic E-state index is 12.7. The molecule has 2 aromatic rings. The van der Waals surface area contributed by atoms with Gasteiger partial charge in [0.15, 0.2) is 11.5 Å². The third-order valence-corrected chi connectivity index (χ3v) is 5.28. The number of nitrogens with one attached hydrogen (secondary N) is 1. The van der Waals surface area contributed by atoms with Gasteiger partial charge in [-0.25, -0.2) is 0 Å². The zero-order chi connectivity index (χ0) is 19.7. The highest BCUT2D eigenvalue weighted by Crippen LogP contribution is 2.36. The maximum Gasteiger partial charge on any atom is 0.227 e. The molecule has 0 spiro atoms. The first-order valence-corrected chi connectivity index (χ1v) is 9.65. The lowest BCUT2D eigenvalue weighted by atomic mass is 10.1. The van der Waals surface area contributed by atoms with Gasteiger partial charge in [-0.05, 0) is 36.8 Å². The molecule has 0 saturated carbocycles. The Balaban J connectivity index is 1.43. The summed E-state index contributed by atoms with van der Waals surface area (Å²) < 4.78 is 11.1. The number of ether oxygens (including phenoxy) is 2. The first-order valence-electron chi connectivity index (χ1n) is 9.27. The Labute approximate surface area is 168 Å². The molecule has 2 heterocycles. The molecule has 2 aliphatic heterocycles. The van der Waals surface area contributed by atoms with Crippen molar-refractivity contribution in [2.45, 2.75) is 19.4 Å². The van der Waals surface area contributed by atoms with E-state index in [2.05, 4.69) is 5.32 Å². The summed E-state index contributed by atoms with van der Waals surface area (Å²) in [5.41, 5.74) is 1.64. The Bertz CT molecular complexity index is 917. The van der Waals surface area contributed by atoms with E-state index >= 15 is 0 Å². The van der Waals surface area contributed by atoms with Crippen LogP contribution in [0.4, 0.5) is 5.69 Å². The van der Waals surface area contributed by atoms with Gasteiger partial charge in [0.05, 0.1) is 12.0 Å². The van der Waals surface area contributed by atoms with Crippen LogP contribution < -0.4 is 19.7 Å². The Kier molecular flexibility index (Phi) is 5.13. The van der Waals surface area contributed by atoms with E-state index in [1.165, 1.54) is 0 Å². The molecule has 1 fully saturated rings. The van der Waals surface area contributed by atoms with Crippen molar-refractivity contribution in [3.63, 3.8) is 0 Å². The fourth-order valence-corrected chi connectivity index (χ4v) is 3.72. The van der Waals surface area contributed by atoms with Gasteiger partial charge < -0.3 is 19.7 Å². The topological polar surface area (TPSA) is 67.9 Å². The quantitative estimate of drug-likeness (QED) is 0.854. The molecular formula is C21H21ClN2O4. The Hall–Kier alpha value is -2.73. The van der Waals surface area contributed by atoms with Crippen LogP contribution in [0, 0.1) is 5.92 Å². The summed E-state index contributed by atoms with van der Waals surface area (Å²) >= 11 is 6.03. The van der Waals surface area contributed by atoms with Crippen LogP contribution in [0.25, 0.3) is 0 Å². The van der Waals surface area contributed by atoms with Crippen molar-refractivity contribution in [2.24, 2.45) is 5.92 Å². The molecule has 6 nitrogen and oxygen atoms in total. The van der Waals surface area contributed by atoms with E-state index in [0.29, 0.717) is 42.0 Å². The number of amides is 2. The molecule has 4 rings (SSSR count). The van der Waals surface area contributed by atoms with Gasteiger partial charge in [0, 0.05) is 29.7 Å². The molecule has 146 valence electrons. The SMILES string of the molecule is CC(NC(=O)C1CC(=O)N(c2ccc3c(c2)OCCO3)C1)c1cccc(Cl)c1. The summed E-state index contributed by atoms with van der Waals surface area (Å²) in [6.07, 6.45) is 0.183. The van der Waals surface area contributed by atoms with Crippen molar-refractivity contribution in [2.75, 3.05) is 24.7 Å². The predicted octanol–water partition coefficient (Wildman–Crippen LogP) is 3.34. The van der Waals surface area contributed by atoms with Crippen molar-refractivity contribution < 1.29 is 19.1 Å².